The van der Waals surface area contributed by atoms with E-state index in [0.717, 1.165) is 62.5 Å². The fourth-order valence-corrected chi connectivity index (χ4v) is 8.23. The Balaban J connectivity index is 1.89. The minimum atomic E-state index is -4.76. The zero-order chi connectivity index (χ0) is 49.7. The SMILES string of the molecule is CCCCC/C=C\C/C=C\C/C=C\C/C=C\CCCC(=O)OC[C@H](COP(=O)(O)Oc1c(C)c(C)c2c(c1C)CCC(C)(CO)O2)OC(=O)CCC/C=C\C/C=C\C/C=C\C/C=C\CCCCC. The predicted octanol–water partition coefficient (Wildman–Crippen LogP) is 14.9. The molecule has 0 aliphatic carbocycles. The van der Waals surface area contributed by atoms with Gasteiger partial charge in [0.05, 0.1) is 6.61 Å². The molecule has 11 heteroatoms. The van der Waals surface area contributed by atoms with Crippen LogP contribution in [0.2, 0.25) is 0 Å². The Hall–Kier alpha value is -4.21. The van der Waals surface area contributed by atoms with Crippen molar-refractivity contribution >= 4 is 19.8 Å². The summed E-state index contributed by atoms with van der Waals surface area (Å²) in [6.45, 7) is 10.7. The van der Waals surface area contributed by atoms with Gasteiger partial charge < -0.3 is 23.8 Å². The Kier molecular flexibility index (Phi) is 32.4. The number of benzene rings is 1. The van der Waals surface area contributed by atoms with Crippen LogP contribution in [0.5, 0.6) is 11.5 Å². The van der Waals surface area contributed by atoms with Crippen molar-refractivity contribution < 1.29 is 47.4 Å². The number of hydrogen-bond acceptors (Lipinski definition) is 9. The lowest BCUT2D eigenvalue weighted by atomic mass is 9.87. The number of hydrogen-bond donors (Lipinski definition) is 2. The first-order valence-corrected chi connectivity index (χ1v) is 27.0. The van der Waals surface area contributed by atoms with E-state index in [1.54, 1.807) is 13.8 Å². The molecule has 68 heavy (non-hydrogen) atoms. The van der Waals surface area contributed by atoms with Crippen LogP contribution in [-0.4, -0.2) is 53.5 Å². The molecule has 3 atom stereocenters. The average molecular weight is 963 g/mol. The van der Waals surface area contributed by atoms with Gasteiger partial charge in [0.25, 0.3) is 0 Å². The summed E-state index contributed by atoms with van der Waals surface area (Å²) in [4.78, 5) is 36.7. The van der Waals surface area contributed by atoms with Gasteiger partial charge in [-0.2, -0.15) is 0 Å². The summed E-state index contributed by atoms with van der Waals surface area (Å²) in [6.07, 6.45) is 52.5. The van der Waals surface area contributed by atoms with Gasteiger partial charge >= 0.3 is 19.8 Å². The van der Waals surface area contributed by atoms with E-state index in [4.69, 9.17) is 23.3 Å². The molecule has 2 N–H and O–H groups in total. The van der Waals surface area contributed by atoms with Crippen LogP contribution >= 0.6 is 7.82 Å². The highest BCUT2D eigenvalue weighted by molar-refractivity contribution is 7.47. The molecule has 0 spiro atoms. The van der Waals surface area contributed by atoms with E-state index in [-0.39, 0.29) is 31.8 Å². The molecule has 0 amide bonds. The molecule has 10 nitrogen and oxygen atoms in total. The highest BCUT2D eigenvalue weighted by Crippen LogP contribution is 2.50. The van der Waals surface area contributed by atoms with Crippen LogP contribution in [0.15, 0.2) is 97.2 Å². The summed E-state index contributed by atoms with van der Waals surface area (Å²) in [6, 6.07) is 0. The fraction of sp³-hybridized carbons (Fsp3) is 0.579. The van der Waals surface area contributed by atoms with Crippen LogP contribution < -0.4 is 9.26 Å². The summed E-state index contributed by atoms with van der Waals surface area (Å²) < 4.78 is 41.9. The third-order valence-corrected chi connectivity index (χ3v) is 12.6. The van der Waals surface area contributed by atoms with E-state index < -0.39 is 38.1 Å². The maximum Gasteiger partial charge on any atom is 0.527 e. The van der Waals surface area contributed by atoms with Crippen LogP contribution in [0.3, 0.4) is 0 Å². The zero-order valence-electron chi connectivity index (χ0n) is 42.6. The molecular formula is C57H87O10P. The topological polar surface area (TPSA) is 138 Å². The maximum absolute atomic E-state index is 13.4. The van der Waals surface area contributed by atoms with Crippen molar-refractivity contribution in [3.8, 4) is 11.5 Å². The molecule has 0 saturated carbocycles. The molecule has 380 valence electrons. The van der Waals surface area contributed by atoms with Gasteiger partial charge in [0.15, 0.2) is 6.10 Å². The molecule has 1 aromatic carbocycles. The Morgan fingerprint density at radius 1 is 0.632 bits per heavy atom. The van der Waals surface area contributed by atoms with Crippen LogP contribution in [-0.2, 0) is 34.6 Å². The maximum atomic E-state index is 13.4. The summed E-state index contributed by atoms with van der Waals surface area (Å²) in [5, 5.41) is 9.91. The molecule has 0 bridgehead atoms. The number of phosphoric ester groups is 1. The quantitative estimate of drug-likeness (QED) is 0.0287. The lowest BCUT2D eigenvalue weighted by Crippen LogP contribution is -2.40. The molecule has 1 aromatic rings. The first-order valence-electron chi connectivity index (χ1n) is 25.5. The van der Waals surface area contributed by atoms with E-state index in [0.29, 0.717) is 55.4 Å². The number of phosphoric acid groups is 1. The molecule has 0 radical (unpaired) electrons. The second-order valence-corrected chi connectivity index (χ2v) is 19.2. The monoisotopic (exact) mass is 963 g/mol. The minimum absolute atomic E-state index is 0.106. The van der Waals surface area contributed by atoms with E-state index in [9.17, 15) is 24.2 Å². The van der Waals surface area contributed by atoms with Crippen molar-refractivity contribution in [2.75, 3.05) is 19.8 Å². The number of rotatable bonds is 37. The first kappa shape index (κ1) is 59.9. The van der Waals surface area contributed by atoms with Crippen molar-refractivity contribution in [2.24, 2.45) is 0 Å². The smallest absolute Gasteiger partial charge is 0.485 e. The predicted molar refractivity (Wildman–Crippen MR) is 279 cm³/mol. The van der Waals surface area contributed by atoms with Gasteiger partial charge in [-0.25, -0.2) is 4.57 Å². The van der Waals surface area contributed by atoms with Crippen LogP contribution in [0.4, 0.5) is 0 Å². The normalized spacial score (nSPS) is 16.9. The van der Waals surface area contributed by atoms with Crippen molar-refractivity contribution in [3.63, 3.8) is 0 Å². The summed E-state index contributed by atoms with van der Waals surface area (Å²) in [7, 11) is -4.76. The van der Waals surface area contributed by atoms with E-state index in [1.165, 1.54) is 38.5 Å². The lowest BCUT2D eigenvalue weighted by molar-refractivity contribution is -0.161. The molecular weight excluding hydrogens is 876 g/mol. The molecule has 0 fully saturated rings. The van der Waals surface area contributed by atoms with E-state index >= 15 is 0 Å². The van der Waals surface area contributed by atoms with Gasteiger partial charge in [0.2, 0.25) is 0 Å². The molecule has 2 unspecified atom stereocenters. The Bertz CT molecular complexity index is 1890. The Morgan fingerprint density at radius 2 is 1.07 bits per heavy atom. The number of carbonyl (C=O) groups excluding carboxylic acids is 2. The van der Waals surface area contributed by atoms with Crippen molar-refractivity contribution in [1.29, 1.82) is 0 Å². The molecule has 2 rings (SSSR count). The molecule has 1 aliphatic rings. The van der Waals surface area contributed by atoms with Crippen molar-refractivity contribution in [2.45, 2.75) is 195 Å². The minimum Gasteiger partial charge on any atom is -0.485 e. The average Bonchev–Trinajstić information content (AvgIpc) is 3.32. The van der Waals surface area contributed by atoms with Crippen molar-refractivity contribution in [3.05, 3.63) is 119 Å². The number of esters is 2. The zero-order valence-corrected chi connectivity index (χ0v) is 43.5. The second kappa shape index (κ2) is 36.7. The number of aliphatic hydroxyl groups excluding tert-OH is 1. The molecule has 1 heterocycles. The van der Waals surface area contributed by atoms with Crippen LogP contribution in [0.25, 0.3) is 0 Å². The first-order chi connectivity index (χ1) is 32.9. The number of fused-ring (bicyclic) bond motifs is 1. The summed E-state index contributed by atoms with van der Waals surface area (Å²) >= 11 is 0. The van der Waals surface area contributed by atoms with Gasteiger partial charge in [-0.1, -0.05) is 137 Å². The lowest BCUT2D eigenvalue weighted by Gasteiger charge is -2.37. The van der Waals surface area contributed by atoms with Gasteiger partial charge in [0, 0.05) is 18.4 Å². The van der Waals surface area contributed by atoms with Gasteiger partial charge in [-0.05, 0) is 147 Å². The van der Waals surface area contributed by atoms with Gasteiger partial charge in [-0.15, -0.1) is 0 Å². The number of ether oxygens (including phenoxy) is 3. The molecule has 0 saturated heterocycles. The highest BCUT2D eigenvalue weighted by atomic mass is 31.2. The van der Waals surface area contributed by atoms with Crippen LogP contribution in [0, 0.1) is 20.8 Å². The van der Waals surface area contributed by atoms with Crippen LogP contribution in [0.1, 0.15) is 178 Å². The van der Waals surface area contributed by atoms with Gasteiger partial charge in [-0.3, -0.25) is 19.0 Å². The summed E-state index contributed by atoms with van der Waals surface area (Å²) in [5.41, 5.74) is 2.07. The highest BCUT2D eigenvalue weighted by Gasteiger charge is 2.36. The Labute approximate surface area is 411 Å². The van der Waals surface area contributed by atoms with E-state index in [2.05, 4.69) is 98.9 Å². The third-order valence-electron chi connectivity index (χ3n) is 11.7. The number of allylic oxidation sites excluding steroid dienone is 16. The Morgan fingerprint density at radius 3 is 1.53 bits per heavy atom. The third kappa shape index (κ3) is 27.1. The molecule has 1 aliphatic heterocycles. The number of carbonyl (C=O) groups is 2. The fourth-order valence-electron chi connectivity index (χ4n) is 7.32. The molecule has 0 aromatic heterocycles. The largest absolute Gasteiger partial charge is 0.527 e. The summed E-state index contributed by atoms with van der Waals surface area (Å²) in [5.74, 6) is -0.165. The number of unbranched alkanes of at least 4 members (excludes halogenated alkanes) is 8. The van der Waals surface area contributed by atoms with E-state index in [1.807, 2.05) is 26.0 Å². The van der Waals surface area contributed by atoms with Gasteiger partial charge in [0.1, 0.15) is 30.3 Å². The second-order valence-electron chi connectivity index (χ2n) is 17.8. The van der Waals surface area contributed by atoms with Crippen molar-refractivity contribution in [1.82, 2.24) is 0 Å². The number of aliphatic hydroxyl groups is 1. The standard InChI is InChI=1S/C57H87O10P/c1-7-9-11-13-15-17-19-21-23-25-27-29-31-33-35-37-39-41-53(59)63-45-51(65-54(60)42-40-38-36-34-32-30-28-26-24-22-20-18-16-14-12-10-8-2)46-64-68(61,62)67-55-48(3)49(4)56-52(50(55)5)43-44-57(6,47-58)66-56/h15-18,21-24,27-30,33-36,51,58H,7-14,19-20,25-26,31-32,37-47H2,1-6H3,(H,61,62)/b17-15-,18-16-,23-21-,24-22-,29-27-,30-28-,35-33-,36-34-/t51-,57?/m1/s1.